The van der Waals surface area contributed by atoms with Gasteiger partial charge in [-0.25, -0.2) is 0 Å². The molecule has 22 heavy (non-hydrogen) atoms. The molecule has 0 aliphatic heterocycles. The van der Waals surface area contributed by atoms with Crippen molar-refractivity contribution in [3.05, 3.63) is 65.2 Å². The molecule has 0 aliphatic carbocycles. The fraction of sp³-hybridized carbons (Fsp3) is 0.263. The fourth-order valence-electron chi connectivity index (χ4n) is 2.33. The molecule has 2 aromatic rings. The van der Waals surface area contributed by atoms with Gasteiger partial charge in [0.15, 0.2) is 0 Å². The molecular weight excluding hydrogens is 274 g/mol. The summed E-state index contributed by atoms with van der Waals surface area (Å²) in [7, 11) is 0. The Morgan fingerprint density at radius 2 is 1.73 bits per heavy atom. The van der Waals surface area contributed by atoms with Crippen molar-refractivity contribution in [3.8, 4) is 5.75 Å². The van der Waals surface area contributed by atoms with Gasteiger partial charge in [-0.3, -0.25) is 4.79 Å². The fourth-order valence-corrected chi connectivity index (χ4v) is 2.33. The number of carbonyl (C=O) groups excluding carboxylic acids is 1. The minimum Gasteiger partial charge on any atom is -0.489 e. The second-order valence-electron chi connectivity index (χ2n) is 6.20. The van der Waals surface area contributed by atoms with E-state index >= 15 is 0 Å². The van der Waals surface area contributed by atoms with Gasteiger partial charge in [0.25, 0.3) is 0 Å². The molecule has 3 heteroatoms. The lowest BCUT2D eigenvalue weighted by molar-refractivity contribution is 0.106. The Morgan fingerprint density at radius 1 is 1.09 bits per heavy atom. The third-order valence-electron chi connectivity index (χ3n) is 3.49. The Balaban J connectivity index is 2.25. The highest BCUT2D eigenvalue weighted by Gasteiger charge is 2.18. The Hall–Kier alpha value is -2.42. The van der Waals surface area contributed by atoms with Gasteiger partial charge in [0.05, 0.1) is 6.21 Å². The summed E-state index contributed by atoms with van der Waals surface area (Å²) in [5.74, 6) is 0.524. The maximum atomic E-state index is 11.8. The predicted octanol–water partition coefficient (Wildman–Crippen LogP) is 4.40. The second kappa shape index (κ2) is 6.56. The number of hydrogen-bond donors (Lipinski definition) is 1. The lowest BCUT2D eigenvalue weighted by Gasteiger charge is -2.23. The van der Waals surface area contributed by atoms with E-state index in [0.29, 0.717) is 12.2 Å². The van der Waals surface area contributed by atoms with Crippen molar-refractivity contribution in [2.75, 3.05) is 0 Å². The first kappa shape index (κ1) is 16.0. The van der Waals surface area contributed by atoms with E-state index in [4.69, 9.17) is 10.1 Å². The van der Waals surface area contributed by atoms with E-state index < -0.39 is 0 Å². The molecule has 0 fully saturated rings. The molecule has 0 atom stereocenters. The van der Waals surface area contributed by atoms with Gasteiger partial charge in [0, 0.05) is 11.1 Å². The molecule has 0 radical (unpaired) electrons. The number of ether oxygens (including phenoxy) is 1. The highest BCUT2D eigenvalue weighted by atomic mass is 16.5. The van der Waals surface area contributed by atoms with E-state index in [1.807, 2.05) is 30.3 Å². The van der Waals surface area contributed by atoms with Gasteiger partial charge in [0.1, 0.15) is 12.4 Å². The van der Waals surface area contributed by atoms with E-state index in [-0.39, 0.29) is 11.2 Å². The van der Waals surface area contributed by atoms with E-state index in [1.165, 1.54) is 0 Å². The first-order valence-electron chi connectivity index (χ1n) is 7.28. The summed E-state index contributed by atoms with van der Waals surface area (Å²) in [4.78, 5) is 11.8. The highest BCUT2D eigenvalue weighted by Crippen LogP contribution is 2.31. The average molecular weight is 295 g/mol. The smallest absolute Gasteiger partial charge is 0.203 e. The molecular formula is C19H21NO2. The van der Waals surface area contributed by atoms with Crippen LogP contribution in [0.3, 0.4) is 0 Å². The van der Waals surface area contributed by atoms with Crippen LogP contribution in [0.5, 0.6) is 5.75 Å². The van der Waals surface area contributed by atoms with Gasteiger partial charge in [-0.15, -0.1) is 0 Å². The molecule has 0 bridgehead atoms. The molecule has 3 nitrogen and oxygen atoms in total. The summed E-state index contributed by atoms with van der Waals surface area (Å²) >= 11 is 0. The molecule has 0 saturated heterocycles. The number of Topliss-reactive ketones (excluding diaryl/α,β-unsaturated/α-hetero) is 1. The summed E-state index contributed by atoms with van der Waals surface area (Å²) in [5.41, 5.74) is 2.43. The van der Waals surface area contributed by atoms with Crippen molar-refractivity contribution >= 4 is 12.0 Å². The maximum Gasteiger partial charge on any atom is 0.203 e. The molecule has 0 aromatic heterocycles. The molecule has 2 aromatic carbocycles. The minimum absolute atomic E-state index is 0.0130. The van der Waals surface area contributed by atoms with Crippen molar-refractivity contribution in [2.45, 2.75) is 32.8 Å². The van der Waals surface area contributed by atoms with Crippen LogP contribution in [0.25, 0.3) is 0 Å². The summed E-state index contributed by atoms with van der Waals surface area (Å²) in [6.07, 6.45) is 0.835. The molecule has 0 heterocycles. The topological polar surface area (TPSA) is 50.2 Å². The van der Waals surface area contributed by atoms with Crippen molar-refractivity contribution in [1.82, 2.24) is 0 Å². The number of rotatable bonds is 5. The Morgan fingerprint density at radius 3 is 2.41 bits per heavy atom. The number of carbonyl (C=O) groups is 1. The molecule has 0 spiro atoms. The molecule has 0 unspecified atom stereocenters. The molecule has 0 aliphatic rings. The van der Waals surface area contributed by atoms with Gasteiger partial charge < -0.3 is 10.1 Å². The monoisotopic (exact) mass is 295 g/mol. The number of nitrogens with one attached hydrogen (secondary N) is 1. The number of para-hydroxylation sites is 1. The molecule has 2 rings (SSSR count). The summed E-state index contributed by atoms with van der Waals surface area (Å²) < 4.78 is 5.96. The van der Waals surface area contributed by atoms with Gasteiger partial charge in [-0.2, -0.15) is 0 Å². The summed E-state index contributed by atoms with van der Waals surface area (Å²) in [6, 6.07) is 15.2. The van der Waals surface area contributed by atoms with Crippen molar-refractivity contribution in [1.29, 1.82) is 5.41 Å². The van der Waals surface area contributed by atoms with Gasteiger partial charge in [-0.1, -0.05) is 63.2 Å². The molecule has 114 valence electrons. The van der Waals surface area contributed by atoms with Gasteiger partial charge in [-0.05, 0) is 17.0 Å². The van der Waals surface area contributed by atoms with Crippen LogP contribution >= 0.6 is 0 Å². The number of hydrogen-bond acceptors (Lipinski definition) is 3. The van der Waals surface area contributed by atoms with Crippen LogP contribution in [0.15, 0.2) is 48.5 Å². The van der Waals surface area contributed by atoms with Crippen LogP contribution < -0.4 is 4.74 Å². The van der Waals surface area contributed by atoms with E-state index in [2.05, 4.69) is 26.8 Å². The van der Waals surface area contributed by atoms with Crippen molar-refractivity contribution < 1.29 is 9.53 Å². The maximum absolute atomic E-state index is 11.8. The third kappa shape index (κ3) is 3.61. The van der Waals surface area contributed by atoms with Gasteiger partial charge >= 0.3 is 0 Å². The van der Waals surface area contributed by atoms with E-state index in [9.17, 15) is 4.79 Å². The average Bonchev–Trinajstić information content (AvgIpc) is 2.52. The number of benzene rings is 2. The van der Waals surface area contributed by atoms with E-state index in [0.717, 1.165) is 23.1 Å². The van der Waals surface area contributed by atoms with Crippen LogP contribution in [0.4, 0.5) is 0 Å². The first-order chi connectivity index (χ1) is 10.4. The zero-order chi connectivity index (χ0) is 16.2. The third-order valence-corrected chi connectivity index (χ3v) is 3.49. The second-order valence-corrected chi connectivity index (χ2v) is 6.20. The largest absolute Gasteiger partial charge is 0.489 e. The highest BCUT2D eigenvalue weighted by molar-refractivity contribution is 6.34. The van der Waals surface area contributed by atoms with Crippen LogP contribution in [-0.2, 0) is 12.0 Å². The Labute approximate surface area is 131 Å². The zero-order valence-electron chi connectivity index (χ0n) is 13.2. The van der Waals surface area contributed by atoms with Crippen LogP contribution in [0.2, 0.25) is 0 Å². The SMILES string of the molecule is CC(C)(C)c1ccccc1OCc1ccccc1C(=O)C=N. The summed E-state index contributed by atoms with van der Waals surface area (Å²) in [6.45, 7) is 6.73. The Kier molecular flexibility index (Phi) is 4.76. The minimum atomic E-state index is -0.302. The Bertz CT molecular complexity index is 684. The predicted molar refractivity (Wildman–Crippen MR) is 89.0 cm³/mol. The molecule has 0 saturated carbocycles. The lowest BCUT2D eigenvalue weighted by atomic mass is 9.86. The van der Waals surface area contributed by atoms with Crippen LogP contribution in [0, 0.1) is 5.41 Å². The lowest BCUT2D eigenvalue weighted by Crippen LogP contribution is -2.14. The zero-order valence-corrected chi connectivity index (χ0v) is 13.2. The van der Waals surface area contributed by atoms with Crippen molar-refractivity contribution in [2.24, 2.45) is 0 Å². The van der Waals surface area contributed by atoms with Crippen LogP contribution in [-0.4, -0.2) is 12.0 Å². The quantitative estimate of drug-likeness (QED) is 0.656. The normalized spacial score (nSPS) is 11.0. The van der Waals surface area contributed by atoms with E-state index in [1.54, 1.807) is 12.1 Å². The first-order valence-corrected chi connectivity index (χ1v) is 7.28. The molecule has 1 N–H and O–H groups in total. The standard InChI is InChI=1S/C19H21NO2/c1-19(2,3)16-10-6-7-11-18(16)22-13-14-8-4-5-9-15(14)17(21)12-20/h4-12,20H,13H2,1-3H3. The number of ketones is 1. The molecule has 0 amide bonds. The van der Waals surface area contributed by atoms with Gasteiger partial charge in [0.2, 0.25) is 5.78 Å². The summed E-state index contributed by atoms with van der Waals surface area (Å²) in [5, 5.41) is 7.14. The van der Waals surface area contributed by atoms with Crippen LogP contribution in [0.1, 0.15) is 42.3 Å². The van der Waals surface area contributed by atoms with Crippen molar-refractivity contribution in [3.63, 3.8) is 0 Å².